The third kappa shape index (κ3) is 2.97. The number of carbonyl (C=O) groups is 1. The van der Waals surface area contributed by atoms with E-state index in [2.05, 4.69) is 25.7 Å². The van der Waals surface area contributed by atoms with Crippen molar-refractivity contribution < 1.29 is 9.90 Å². The normalized spacial score (nSPS) is 21.1. The van der Waals surface area contributed by atoms with Crippen LogP contribution in [-0.2, 0) is 4.79 Å². The minimum atomic E-state index is -0.640. The Hall–Kier alpha value is -0.570. The second kappa shape index (κ2) is 4.74. The van der Waals surface area contributed by atoms with E-state index in [-0.39, 0.29) is 5.41 Å². The summed E-state index contributed by atoms with van der Waals surface area (Å²) in [6, 6.07) is 0. The third-order valence-electron chi connectivity index (χ3n) is 3.52. The number of carboxylic acids is 1. The summed E-state index contributed by atoms with van der Waals surface area (Å²) >= 11 is 0. The van der Waals surface area contributed by atoms with Crippen molar-refractivity contribution in [1.29, 1.82) is 0 Å². The van der Waals surface area contributed by atoms with Crippen LogP contribution in [-0.4, -0.2) is 35.1 Å². The Morgan fingerprint density at radius 1 is 1.25 bits per heavy atom. The molecule has 0 aromatic rings. The van der Waals surface area contributed by atoms with Crippen LogP contribution >= 0.6 is 0 Å². The van der Waals surface area contributed by atoms with E-state index < -0.39 is 11.5 Å². The van der Waals surface area contributed by atoms with Gasteiger partial charge in [-0.3, -0.25) is 9.69 Å². The highest BCUT2D eigenvalue weighted by atomic mass is 16.4. The van der Waals surface area contributed by atoms with Crippen LogP contribution in [0, 0.1) is 5.41 Å². The van der Waals surface area contributed by atoms with Gasteiger partial charge in [-0.15, -0.1) is 0 Å². The minimum Gasteiger partial charge on any atom is -0.480 e. The zero-order valence-corrected chi connectivity index (χ0v) is 11.0. The molecule has 1 rings (SSSR count). The molecule has 0 aromatic heterocycles. The zero-order chi connectivity index (χ0) is 12.4. The maximum Gasteiger partial charge on any atom is 0.324 e. The first-order valence-corrected chi connectivity index (χ1v) is 6.23. The van der Waals surface area contributed by atoms with Gasteiger partial charge in [0.2, 0.25) is 0 Å². The molecule has 1 aliphatic rings. The maximum absolute atomic E-state index is 11.6. The highest BCUT2D eigenvalue weighted by molar-refractivity contribution is 5.78. The highest BCUT2D eigenvalue weighted by Gasteiger charge is 2.43. The lowest BCUT2D eigenvalue weighted by atomic mass is 9.79. The van der Waals surface area contributed by atoms with Crippen molar-refractivity contribution in [3.63, 3.8) is 0 Å². The Kier molecular flexibility index (Phi) is 4.00. The minimum absolute atomic E-state index is 0.147. The van der Waals surface area contributed by atoms with Gasteiger partial charge < -0.3 is 5.11 Å². The van der Waals surface area contributed by atoms with Crippen molar-refractivity contribution in [1.82, 2.24) is 4.90 Å². The first-order chi connectivity index (χ1) is 7.28. The predicted octanol–water partition coefficient (Wildman–Crippen LogP) is 2.75. The highest BCUT2D eigenvalue weighted by Crippen LogP contribution is 2.34. The average molecular weight is 227 g/mol. The Morgan fingerprint density at radius 3 is 2.12 bits per heavy atom. The molecule has 0 unspecified atom stereocenters. The second-order valence-corrected chi connectivity index (χ2v) is 6.31. The first kappa shape index (κ1) is 13.5. The van der Waals surface area contributed by atoms with E-state index in [1.54, 1.807) is 0 Å². The molecule has 0 saturated heterocycles. The second-order valence-electron chi connectivity index (χ2n) is 6.31. The lowest BCUT2D eigenvalue weighted by Crippen LogP contribution is -2.56. The molecule has 0 aliphatic heterocycles. The topological polar surface area (TPSA) is 40.5 Å². The van der Waals surface area contributed by atoms with Gasteiger partial charge in [0.25, 0.3) is 0 Å². The van der Waals surface area contributed by atoms with Crippen LogP contribution in [0.2, 0.25) is 0 Å². The summed E-state index contributed by atoms with van der Waals surface area (Å²) in [5, 5.41) is 9.51. The largest absolute Gasteiger partial charge is 0.480 e. The molecule has 0 heterocycles. The molecule has 0 radical (unpaired) electrons. The fourth-order valence-electron chi connectivity index (χ4n) is 2.76. The molecule has 0 atom stereocenters. The molecule has 1 fully saturated rings. The van der Waals surface area contributed by atoms with Crippen LogP contribution in [0.5, 0.6) is 0 Å². The van der Waals surface area contributed by atoms with E-state index in [1.165, 1.54) is 6.42 Å². The van der Waals surface area contributed by atoms with E-state index in [0.29, 0.717) is 0 Å². The summed E-state index contributed by atoms with van der Waals surface area (Å²) in [5.41, 5.74) is -0.458. The summed E-state index contributed by atoms with van der Waals surface area (Å²) in [6.07, 6.45) is 4.86. The lowest BCUT2D eigenvalue weighted by molar-refractivity contribution is -0.154. The van der Waals surface area contributed by atoms with Gasteiger partial charge in [-0.25, -0.2) is 0 Å². The zero-order valence-electron chi connectivity index (χ0n) is 11.0. The van der Waals surface area contributed by atoms with Crippen molar-refractivity contribution in [2.75, 3.05) is 13.6 Å². The third-order valence-corrected chi connectivity index (χ3v) is 3.52. The van der Waals surface area contributed by atoms with Crippen molar-refractivity contribution in [3.8, 4) is 0 Å². The lowest BCUT2D eigenvalue weighted by Gasteiger charge is -2.43. The number of rotatable bonds is 3. The monoisotopic (exact) mass is 227 g/mol. The summed E-state index contributed by atoms with van der Waals surface area (Å²) in [5.74, 6) is -0.640. The Morgan fingerprint density at radius 2 is 1.75 bits per heavy atom. The number of aliphatic carboxylic acids is 1. The van der Waals surface area contributed by atoms with E-state index in [0.717, 1.165) is 32.2 Å². The number of likely N-dealkylation sites (N-methyl/N-ethyl adjacent to an activating group) is 1. The van der Waals surface area contributed by atoms with Gasteiger partial charge in [-0.1, -0.05) is 40.0 Å². The van der Waals surface area contributed by atoms with Gasteiger partial charge in [0.1, 0.15) is 5.54 Å². The Bertz CT molecular complexity index is 249. The van der Waals surface area contributed by atoms with Crippen molar-refractivity contribution in [2.24, 2.45) is 5.41 Å². The molecular weight excluding hydrogens is 202 g/mol. The van der Waals surface area contributed by atoms with Gasteiger partial charge in [0, 0.05) is 6.54 Å². The summed E-state index contributed by atoms with van der Waals surface area (Å²) < 4.78 is 0. The first-order valence-electron chi connectivity index (χ1n) is 6.23. The molecule has 3 heteroatoms. The summed E-state index contributed by atoms with van der Waals surface area (Å²) in [6.45, 7) is 7.30. The molecule has 1 saturated carbocycles. The quantitative estimate of drug-likeness (QED) is 0.806. The smallest absolute Gasteiger partial charge is 0.324 e. The number of hydrogen-bond acceptors (Lipinski definition) is 2. The fraction of sp³-hybridized carbons (Fsp3) is 0.923. The van der Waals surface area contributed by atoms with Crippen LogP contribution in [0.15, 0.2) is 0 Å². The van der Waals surface area contributed by atoms with Gasteiger partial charge >= 0.3 is 5.97 Å². The van der Waals surface area contributed by atoms with Crippen LogP contribution in [0.1, 0.15) is 52.9 Å². The molecule has 94 valence electrons. The van der Waals surface area contributed by atoms with E-state index in [1.807, 2.05) is 7.05 Å². The standard InChI is InChI=1S/C13H25NO2/c1-12(2,3)10-14(4)13(11(15)16)8-6-5-7-9-13/h5-10H2,1-4H3,(H,15,16). The van der Waals surface area contributed by atoms with Crippen LogP contribution < -0.4 is 0 Å². The molecule has 3 nitrogen and oxygen atoms in total. The predicted molar refractivity (Wildman–Crippen MR) is 65.5 cm³/mol. The average Bonchev–Trinajstić information content (AvgIpc) is 2.16. The molecular formula is C13H25NO2. The van der Waals surface area contributed by atoms with Crippen LogP contribution in [0.4, 0.5) is 0 Å². The molecule has 1 N–H and O–H groups in total. The van der Waals surface area contributed by atoms with E-state index in [9.17, 15) is 9.90 Å². The molecule has 16 heavy (non-hydrogen) atoms. The number of carboxylic acid groups (broad SMARTS) is 1. The Balaban J connectivity index is 2.80. The molecule has 0 spiro atoms. The van der Waals surface area contributed by atoms with Gasteiger partial charge in [-0.2, -0.15) is 0 Å². The van der Waals surface area contributed by atoms with Crippen molar-refractivity contribution >= 4 is 5.97 Å². The van der Waals surface area contributed by atoms with E-state index in [4.69, 9.17) is 0 Å². The summed E-state index contributed by atoms with van der Waals surface area (Å²) in [7, 11) is 1.96. The number of hydrogen-bond donors (Lipinski definition) is 1. The van der Waals surface area contributed by atoms with Crippen molar-refractivity contribution in [2.45, 2.75) is 58.4 Å². The van der Waals surface area contributed by atoms with E-state index >= 15 is 0 Å². The molecule has 1 aliphatic carbocycles. The van der Waals surface area contributed by atoms with Gasteiger partial charge in [-0.05, 0) is 25.3 Å². The summed E-state index contributed by atoms with van der Waals surface area (Å²) in [4.78, 5) is 13.6. The van der Waals surface area contributed by atoms with Crippen LogP contribution in [0.3, 0.4) is 0 Å². The van der Waals surface area contributed by atoms with Crippen molar-refractivity contribution in [3.05, 3.63) is 0 Å². The molecule has 0 bridgehead atoms. The van der Waals surface area contributed by atoms with Gasteiger partial charge in [0.05, 0.1) is 0 Å². The Labute approximate surface area is 98.8 Å². The maximum atomic E-state index is 11.6. The van der Waals surface area contributed by atoms with Gasteiger partial charge in [0.15, 0.2) is 0 Å². The number of nitrogens with zero attached hydrogens (tertiary/aromatic N) is 1. The SMILES string of the molecule is CN(CC(C)(C)C)C1(C(=O)O)CCCCC1. The molecule has 0 amide bonds. The molecule has 0 aromatic carbocycles. The van der Waals surface area contributed by atoms with Crippen LogP contribution in [0.25, 0.3) is 0 Å². The fourth-order valence-corrected chi connectivity index (χ4v) is 2.76.